The highest BCUT2D eigenvalue weighted by atomic mass is 16.5. The molecule has 3 heterocycles. The van der Waals surface area contributed by atoms with Crippen LogP contribution >= 0.6 is 0 Å². The molecular weight excluding hydrogens is 390 g/mol. The van der Waals surface area contributed by atoms with E-state index in [-0.39, 0.29) is 30.3 Å². The number of carbonyl (C=O) groups is 2. The molecule has 0 spiro atoms. The van der Waals surface area contributed by atoms with Crippen molar-refractivity contribution in [3.05, 3.63) is 65.4 Å². The SMILES string of the molecule is COc1ccc(C2CN3C(=O)CN(C4CC4)C(=O)C3(C)c3[nH]c4ccccc4c32)cc1. The number of nitrogens with zero attached hydrogens (tertiary/aromatic N) is 2. The second-order valence-corrected chi connectivity index (χ2v) is 9.03. The molecule has 1 saturated heterocycles. The Hall–Kier alpha value is -3.28. The highest BCUT2D eigenvalue weighted by Crippen LogP contribution is 2.49. The van der Waals surface area contributed by atoms with Gasteiger partial charge in [-0.05, 0) is 49.1 Å². The lowest BCUT2D eigenvalue weighted by atomic mass is 9.76. The number of nitrogens with one attached hydrogen (secondary N) is 1. The molecule has 31 heavy (non-hydrogen) atoms. The number of carbonyl (C=O) groups excluding carboxylic acids is 2. The summed E-state index contributed by atoms with van der Waals surface area (Å²) in [4.78, 5) is 34.2. The van der Waals surface area contributed by atoms with E-state index < -0.39 is 5.54 Å². The smallest absolute Gasteiger partial charge is 0.255 e. The van der Waals surface area contributed by atoms with E-state index in [0.29, 0.717) is 6.54 Å². The Morgan fingerprint density at radius 2 is 1.81 bits per heavy atom. The van der Waals surface area contributed by atoms with Gasteiger partial charge in [0.05, 0.1) is 12.8 Å². The third-order valence-electron chi connectivity index (χ3n) is 7.28. The van der Waals surface area contributed by atoms with E-state index in [1.807, 2.05) is 42.2 Å². The van der Waals surface area contributed by atoms with Gasteiger partial charge >= 0.3 is 0 Å². The van der Waals surface area contributed by atoms with Crippen LogP contribution in [0.3, 0.4) is 0 Å². The number of benzene rings is 2. The van der Waals surface area contributed by atoms with Crippen molar-refractivity contribution in [1.82, 2.24) is 14.8 Å². The van der Waals surface area contributed by atoms with E-state index in [4.69, 9.17) is 4.74 Å². The van der Waals surface area contributed by atoms with Crippen LogP contribution in [0, 0.1) is 0 Å². The number of piperazine rings is 1. The number of hydrogen-bond acceptors (Lipinski definition) is 3. The van der Waals surface area contributed by atoms with Crippen molar-refractivity contribution in [2.24, 2.45) is 0 Å². The van der Waals surface area contributed by atoms with E-state index in [1.165, 1.54) is 0 Å². The van der Waals surface area contributed by atoms with Crippen LogP contribution in [0.2, 0.25) is 0 Å². The predicted octanol–water partition coefficient (Wildman–Crippen LogP) is 3.37. The van der Waals surface area contributed by atoms with Gasteiger partial charge in [0.2, 0.25) is 5.91 Å². The molecule has 2 fully saturated rings. The van der Waals surface area contributed by atoms with Crippen molar-refractivity contribution in [3.63, 3.8) is 0 Å². The zero-order valence-electron chi connectivity index (χ0n) is 17.7. The summed E-state index contributed by atoms with van der Waals surface area (Å²) < 4.78 is 5.33. The van der Waals surface area contributed by atoms with Gasteiger partial charge < -0.3 is 19.5 Å². The topological polar surface area (TPSA) is 65.6 Å². The maximum atomic E-state index is 13.8. The first-order chi connectivity index (χ1) is 15.0. The Labute approximate surface area is 180 Å². The predicted molar refractivity (Wildman–Crippen MR) is 117 cm³/mol. The summed E-state index contributed by atoms with van der Waals surface area (Å²) in [6, 6.07) is 16.4. The Morgan fingerprint density at radius 3 is 2.52 bits per heavy atom. The summed E-state index contributed by atoms with van der Waals surface area (Å²) in [5.74, 6) is 0.842. The van der Waals surface area contributed by atoms with Gasteiger partial charge in [-0.2, -0.15) is 0 Å². The summed E-state index contributed by atoms with van der Waals surface area (Å²) in [5, 5.41) is 1.11. The van der Waals surface area contributed by atoms with Crippen LogP contribution < -0.4 is 4.74 Å². The van der Waals surface area contributed by atoms with E-state index in [1.54, 1.807) is 12.0 Å². The minimum Gasteiger partial charge on any atom is -0.497 e. The number of aromatic amines is 1. The molecule has 2 aliphatic heterocycles. The zero-order valence-corrected chi connectivity index (χ0v) is 17.7. The number of para-hydroxylation sites is 1. The van der Waals surface area contributed by atoms with Crippen LogP contribution in [0.25, 0.3) is 10.9 Å². The minimum absolute atomic E-state index is 0.0191. The molecule has 6 heteroatoms. The fraction of sp³-hybridized carbons (Fsp3) is 0.360. The standard InChI is InChI=1S/C25H25N3O3/c1-25-23-22(18-5-3-4-6-20(18)26-23)19(15-7-11-17(31-2)12-8-15)13-28(25)21(29)14-27(24(25)30)16-9-10-16/h3-8,11-12,16,19,26H,9-10,13-14H2,1-2H3. The van der Waals surface area contributed by atoms with Gasteiger partial charge in [-0.3, -0.25) is 9.59 Å². The molecular formula is C25H25N3O3. The lowest BCUT2D eigenvalue weighted by Crippen LogP contribution is -2.67. The lowest BCUT2D eigenvalue weighted by Gasteiger charge is -2.51. The molecule has 0 radical (unpaired) electrons. The number of amides is 2. The van der Waals surface area contributed by atoms with Crippen molar-refractivity contribution in [3.8, 4) is 5.75 Å². The molecule has 3 aliphatic rings. The third-order valence-corrected chi connectivity index (χ3v) is 7.28. The van der Waals surface area contributed by atoms with Crippen LogP contribution in [0.15, 0.2) is 48.5 Å². The molecule has 2 amide bonds. The van der Waals surface area contributed by atoms with Crippen LogP contribution in [0.5, 0.6) is 5.75 Å². The molecule has 2 unspecified atom stereocenters. The highest BCUT2D eigenvalue weighted by molar-refractivity contribution is 6.01. The maximum absolute atomic E-state index is 13.8. The number of H-pyrrole nitrogens is 1. The Balaban J connectivity index is 1.57. The lowest BCUT2D eigenvalue weighted by molar-refractivity contribution is -0.166. The summed E-state index contributed by atoms with van der Waals surface area (Å²) in [5.41, 5.74) is 3.08. The number of methoxy groups -OCH3 is 1. The summed E-state index contributed by atoms with van der Waals surface area (Å²) in [7, 11) is 1.66. The van der Waals surface area contributed by atoms with Gasteiger partial charge in [-0.25, -0.2) is 0 Å². The molecule has 1 aromatic heterocycles. The first-order valence-corrected chi connectivity index (χ1v) is 10.9. The van der Waals surface area contributed by atoms with Crippen molar-refractivity contribution >= 4 is 22.7 Å². The normalized spacial score (nSPS) is 25.5. The molecule has 1 saturated carbocycles. The van der Waals surface area contributed by atoms with Gasteiger partial charge in [0.1, 0.15) is 12.3 Å². The molecule has 1 N–H and O–H groups in total. The average Bonchev–Trinajstić information content (AvgIpc) is 3.56. The molecule has 158 valence electrons. The van der Waals surface area contributed by atoms with Crippen LogP contribution in [-0.2, 0) is 15.1 Å². The molecule has 2 aromatic carbocycles. The molecule has 0 bridgehead atoms. The van der Waals surface area contributed by atoms with E-state index in [0.717, 1.165) is 46.3 Å². The van der Waals surface area contributed by atoms with E-state index in [9.17, 15) is 9.59 Å². The monoisotopic (exact) mass is 415 g/mol. The number of fused-ring (bicyclic) bond motifs is 5. The first-order valence-electron chi connectivity index (χ1n) is 10.9. The fourth-order valence-corrected chi connectivity index (χ4v) is 5.45. The minimum atomic E-state index is -1.00. The highest BCUT2D eigenvalue weighted by Gasteiger charge is 2.58. The number of hydrogen-bond donors (Lipinski definition) is 1. The Kier molecular flexibility index (Phi) is 3.79. The van der Waals surface area contributed by atoms with Gasteiger partial charge in [0.25, 0.3) is 5.91 Å². The summed E-state index contributed by atoms with van der Waals surface area (Å²) >= 11 is 0. The Bertz CT molecular complexity index is 1210. The number of rotatable bonds is 3. The van der Waals surface area contributed by atoms with Gasteiger partial charge in [-0.1, -0.05) is 30.3 Å². The second-order valence-electron chi connectivity index (χ2n) is 9.03. The number of ether oxygens (including phenoxy) is 1. The number of aromatic nitrogens is 1. The van der Waals surface area contributed by atoms with Gasteiger partial charge in [-0.15, -0.1) is 0 Å². The van der Waals surface area contributed by atoms with E-state index in [2.05, 4.69) is 23.2 Å². The van der Waals surface area contributed by atoms with Gasteiger partial charge in [0, 0.05) is 29.4 Å². The van der Waals surface area contributed by atoms with Crippen LogP contribution in [0.1, 0.15) is 42.5 Å². The quantitative estimate of drug-likeness (QED) is 0.713. The maximum Gasteiger partial charge on any atom is 0.255 e. The first kappa shape index (κ1) is 18.5. The summed E-state index contributed by atoms with van der Waals surface area (Å²) in [6.07, 6.45) is 1.98. The average molecular weight is 415 g/mol. The summed E-state index contributed by atoms with van der Waals surface area (Å²) in [6.45, 7) is 2.59. The molecule has 1 aliphatic carbocycles. The molecule has 6 nitrogen and oxygen atoms in total. The zero-order chi connectivity index (χ0) is 21.3. The second kappa shape index (κ2) is 6.36. The van der Waals surface area contributed by atoms with Crippen molar-refractivity contribution in [2.45, 2.75) is 37.3 Å². The van der Waals surface area contributed by atoms with Gasteiger partial charge in [0.15, 0.2) is 5.54 Å². The van der Waals surface area contributed by atoms with Crippen LogP contribution in [-0.4, -0.2) is 52.8 Å². The molecule has 2 atom stereocenters. The largest absolute Gasteiger partial charge is 0.497 e. The Morgan fingerprint density at radius 1 is 1.06 bits per heavy atom. The van der Waals surface area contributed by atoms with Crippen LogP contribution in [0.4, 0.5) is 0 Å². The van der Waals surface area contributed by atoms with E-state index >= 15 is 0 Å². The fourth-order valence-electron chi connectivity index (χ4n) is 5.45. The molecule has 3 aromatic rings. The van der Waals surface area contributed by atoms with Crippen molar-refractivity contribution in [2.75, 3.05) is 20.2 Å². The van der Waals surface area contributed by atoms with Crippen molar-refractivity contribution in [1.29, 1.82) is 0 Å². The van der Waals surface area contributed by atoms with Crippen molar-refractivity contribution < 1.29 is 14.3 Å². The molecule has 6 rings (SSSR count). The third kappa shape index (κ3) is 2.51.